The highest BCUT2D eigenvalue weighted by Gasteiger charge is 2.03. The predicted molar refractivity (Wildman–Crippen MR) is 54.5 cm³/mol. The molecule has 1 aromatic carbocycles. The summed E-state index contributed by atoms with van der Waals surface area (Å²) in [5.41, 5.74) is 0.533. The van der Waals surface area contributed by atoms with E-state index in [0.717, 1.165) is 0 Å². The molecule has 0 heterocycles. The van der Waals surface area contributed by atoms with Gasteiger partial charge in [0.2, 0.25) is 0 Å². The quantitative estimate of drug-likeness (QED) is 0.748. The second-order valence-electron chi connectivity index (χ2n) is 2.33. The highest BCUT2D eigenvalue weighted by Crippen LogP contribution is 2.24. The normalized spacial score (nSPS) is 9.46. The van der Waals surface area contributed by atoms with Crippen molar-refractivity contribution in [2.45, 2.75) is 0 Å². The molecule has 70 valence electrons. The van der Waals surface area contributed by atoms with Gasteiger partial charge in [0, 0.05) is 12.1 Å². The molecule has 0 fully saturated rings. The van der Waals surface area contributed by atoms with Crippen LogP contribution in [0.25, 0.3) is 0 Å². The molecule has 3 nitrogen and oxygen atoms in total. The SMILES string of the molecule is CNC(=O)Nc1ccc(Cl)cc1Cl. The van der Waals surface area contributed by atoms with Gasteiger partial charge in [-0.1, -0.05) is 23.2 Å². The maximum absolute atomic E-state index is 10.9. The first-order valence-electron chi connectivity index (χ1n) is 3.57. The average Bonchev–Trinajstić information content (AvgIpc) is 2.09. The van der Waals surface area contributed by atoms with Crippen molar-refractivity contribution in [2.24, 2.45) is 0 Å². The van der Waals surface area contributed by atoms with Crippen LogP contribution < -0.4 is 10.6 Å². The molecule has 0 aliphatic heterocycles. The fourth-order valence-corrected chi connectivity index (χ4v) is 1.23. The molecule has 0 unspecified atom stereocenters. The standard InChI is InChI=1S/C8H8Cl2N2O/c1-11-8(13)12-7-3-2-5(9)4-6(7)10/h2-4H,1H3,(H2,11,12,13). The van der Waals surface area contributed by atoms with Crippen LogP contribution in [0.5, 0.6) is 0 Å². The molecule has 2 N–H and O–H groups in total. The predicted octanol–water partition coefficient (Wildman–Crippen LogP) is 2.74. The van der Waals surface area contributed by atoms with E-state index in [1.54, 1.807) is 18.2 Å². The van der Waals surface area contributed by atoms with Gasteiger partial charge in [0.25, 0.3) is 0 Å². The Morgan fingerprint density at radius 1 is 1.38 bits per heavy atom. The van der Waals surface area contributed by atoms with Gasteiger partial charge in [-0.15, -0.1) is 0 Å². The Bertz CT molecular complexity index is 328. The molecule has 1 rings (SSSR count). The zero-order valence-electron chi connectivity index (χ0n) is 6.90. The van der Waals surface area contributed by atoms with Crippen molar-refractivity contribution in [1.82, 2.24) is 5.32 Å². The molecule has 0 saturated carbocycles. The maximum atomic E-state index is 10.9. The summed E-state index contributed by atoms with van der Waals surface area (Å²) in [6.07, 6.45) is 0. The van der Waals surface area contributed by atoms with E-state index < -0.39 is 0 Å². The summed E-state index contributed by atoms with van der Waals surface area (Å²) in [6.45, 7) is 0. The second kappa shape index (κ2) is 4.35. The summed E-state index contributed by atoms with van der Waals surface area (Å²) in [7, 11) is 1.53. The van der Waals surface area contributed by atoms with E-state index in [-0.39, 0.29) is 6.03 Å². The zero-order valence-corrected chi connectivity index (χ0v) is 8.41. The Balaban J connectivity index is 2.83. The van der Waals surface area contributed by atoms with Crippen molar-refractivity contribution >= 4 is 34.9 Å². The van der Waals surface area contributed by atoms with Crippen LogP contribution in [0.3, 0.4) is 0 Å². The van der Waals surface area contributed by atoms with Gasteiger partial charge in [-0.05, 0) is 18.2 Å². The molecule has 5 heteroatoms. The molecule has 2 amide bonds. The number of carbonyl (C=O) groups is 1. The van der Waals surface area contributed by atoms with Gasteiger partial charge in [0.15, 0.2) is 0 Å². The first-order valence-corrected chi connectivity index (χ1v) is 4.33. The minimum atomic E-state index is -0.316. The number of anilines is 1. The van der Waals surface area contributed by atoms with Crippen molar-refractivity contribution in [3.63, 3.8) is 0 Å². The van der Waals surface area contributed by atoms with Gasteiger partial charge in [-0.25, -0.2) is 4.79 Å². The number of amides is 2. The molecular weight excluding hydrogens is 211 g/mol. The Hall–Kier alpha value is -0.930. The fourth-order valence-electron chi connectivity index (χ4n) is 0.776. The molecule has 1 aromatic rings. The number of rotatable bonds is 1. The first-order chi connectivity index (χ1) is 6.13. The summed E-state index contributed by atoms with van der Waals surface area (Å²) in [5, 5.41) is 5.91. The third-order valence-corrected chi connectivity index (χ3v) is 1.95. The number of halogens is 2. The number of carbonyl (C=O) groups excluding carboxylic acids is 1. The number of nitrogens with one attached hydrogen (secondary N) is 2. The van der Waals surface area contributed by atoms with Crippen LogP contribution in [0, 0.1) is 0 Å². The number of hydrogen-bond donors (Lipinski definition) is 2. The van der Waals surface area contributed by atoms with Gasteiger partial charge in [0.05, 0.1) is 10.7 Å². The number of hydrogen-bond acceptors (Lipinski definition) is 1. The molecule has 0 aliphatic rings. The van der Waals surface area contributed by atoms with Crippen LogP contribution >= 0.6 is 23.2 Å². The van der Waals surface area contributed by atoms with Crippen molar-refractivity contribution in [1.29, 1.82) is 0 Å². The lowest BCUT2D eigenvalue weighted by molar-refractivity contribution is 0.254. The minimum Gasteiger partial charge on any atom is -0.341 e. The van der Waals surface area contributed by atoms with Gasteiger partial charge in [-0.2, -0.15) is 0 Å². The third-order valence-electron chi connectivity index (χ3n) is 1.41. The highest BCUT2D eigenvalue weighted by molar-refractivity contribution is 6.36. The molecule has 0 saturated heterocycles. The largest absolute Gasteiger partial charge is 0.341 e. The lowest BCUT2D eigenvalue weighted by Gasteiger charge is -2.05. The number of urea groups is 1. The number of benzene rings is 1. The average molecular weight is 219 g/mol. The van der Waals surface area contributed by atoms with E-state index in [1.807, 2.05) is 0 Å². The van der Waals surface area contributed by atoms with Gasteiger partial charge in [-0.3, -0.25) is 0 Å². The molecule has 13 heavy (non-hydrogen) atoms. The van der Waals surface area contributed by atoms with Crippen LogP contribution in [0.4, 0.5) is 10.5 Å². The Morgan fingerprint density at radius 2 is 2.08 bits per heavy atom. The summed E-state index contributed by atoms with van der Waals surface area (Å²) < 4.78 is 0. The molecule has 0 aromatic heterocycles. The Labute approximate surface area is 86.0 Å². The van der Waals surface area contributed by atoms with E-state index in [4.69, 9.17) is 23.2 Å². The summed E-state index contributed by atoms with van der Waals surface area (Å²) in [4.78, 5) is 10.9. The summed E-state index contributed by atoms with van der Waals surface area (Å²) >= 11 is 11.5. The van der Waals surface area contributed by atoms with Gasteiger partial charge in [0.1, 0.15) is 0 Å². The Kier molecular flexibility index (Phi) is 3.39. The van der Waals surface area contributed by atoms with Crippen LogP contribution in [-0.2, 0) is 0 Å². The first kappa shape index (κ1) is 10.2. The van der Waals surface area contributed by atoms with Crippen molar-refractivity contribution < 1.29 is 4.79 Å². The molecule has 0 bridgehead atoms. The van der Waals surface area contributed by atoms with Gasteiger partial charge >= 0.3 is 6.03 Å². The van der Waals surface area contributed by atoms with E-state index in [1.165, 1.54) is 7.05 Å². The van der Waals surface area contributed by atoms with E-state index in [0.29, 0.717) is 15.7 Å². The van der Waals surface area contributed by atoms with Gasteiger partial charge < -0.3 is 10.6 Å². The minimum absolute atomic E-state index is 0.316. The zero-order chi connectivity index (χ0) is 9.84. The van der Waals surface area contributed by atoms with Crippen molar-refractivity contribution in [3.05, 3.63) is 28.2 Å². The third kappa shape index (κ3) is 2.79. The lowest BCUT2D eigenvalue weighted by Crippen LogP contribution is -2.24. The van der Waals surface area contributed by atoms with Crippen LogP contribution in [0.15, 0.2) is 18.2 Å². The van der Waals surface area contributed by atoms with E-state index >= 15 is 0 Å². The van der Waals surface area contributed by atoms with Crippen molar-refractivity contribution in [2.75, 3.05) is 12.4 Å². The smallest absolute Gasteiger partial charge is 0.319 e. The van der Waals surface area contributed by atoms with Crippen LogP contribution in [-0.4, -0.2) is 13.1 Å². The molecule has 0 atom stereocenters. The second-order valence-corrected chi connectivity index (χ2v) is 3.17. The molecule has 0 radical (unpaired) electrons. The molecule has 0 spiro atoms. The maximum Gasteiger partial charge on any atom is 0.319 e. The van der Waals surface area contributed by atoms with Crippen molar-refractivity contribution in [3.8, 4) is 0 Å². The molecule has 0 aliphatic carbocycles. The highest BCUT2D eigenvalue weighted by atomic mass is 35.5. The van der Waals surface area contributed by atoms with Crippen LogP contribution in [0.1, 0.15) is 0 Å². The van der Waals surface area contributed by atoms with E-state index in [2.05, 4.69) is 10.6 Å². The fraction of sp³-hybridized carbons (Fsp3) is 0.125. The van der Waals surface area contributed by atoms with E-state index in [9.17, 15) is 4.79 Å². The monoisotopic (exact) mass is 218 g/mol. The van der Waals surface area contributed by atoms with Crippen LogP contribution in [0.2, 0.25) is 10.0 Å². The lowest BCUT2D eigenvalue weighted by atomic mass is 10.3. The Morgan fingerprint density at radius 3 is 2.62 bits per heavy atom. The molecular formula is C8H8Cl2N2O. The topological polar surface area (TPSA) is 41.1 Å². The summed E-state index contributed by atoms with van der Waals surface area (Å²) in [5.74, 6) is 0. The summed E-state index contributed by atoms with van der Waals surface area (Å²) in [6, 6.07) is 4.54.